The van der Waals surface area contributed by atoms with Gasteiger partial charge in [0.05, 0.1) is 5.75 Å². The fraction of sp³-hybridized carbons (Fsp3) is 0.533. The third-order valence-corrected chi connectivity index (χ3v) is 5.18. The van der Waals surface area contributed by atoms with Crippen LogP contribution >= 0.6 is 39.9 Å². The Balaban J connectivity index is 0.00000288. The molecule has 1 aliphatic heterocycles. The van der Waals surface area contributed by atoms with E-state index in [4.69, 9.17) is 0 Å². The Kier molecular flexibility index (Phi) is 8.78. The van der Waals surface area contributed by atoms with Crippen molar-refractivity contribution in [1.29, 1.82) is 0 Å². The van der Waals surface area contributed by atoms with Crippen molar-refractivity contribution in [2.75, 3.05) is 43.6 Å². The molecule has 0 aromatic heterocycles. The number of aliphatic imine (C=N–C) groups is 1. The van der Waals surface area contributed by atoms with Crippen molar-refractivity contribution in [2.24, 2.45) is 4.99 Å². The molecule has 2 N–H and O–H groups in total. The van der Waals surface area contributed by atoms with Gasteiger partial charge >= 0.3 is 0 Å². The first kappa shape index (κ1) is 21.5. The Morgan fingerprint density at radius 2 is 2.04 bits per heavy atom. The maximum atomic E-state index is 11.2. The van der Waals surface area contributed by atoms with Crippen LogP contribution in [0.1, 0.15) is 6.42 Å². The second-order valence-electron chi connectivity index (χ2n) is 5.68. The van der Waals surface area contributed by atoms with E-state index in [9.17, 15) is 8.42 Å². The van der Waals surface area contributed by atoms with Gasteiger partial charge in [0.25, 0.3) is 0 Å². The van der Waals surface area contributed by atoms with Gasteiger partial charge in [-0.3, -0.25) is 4.99 Å². The Morgan fingerprint density at radius 1 is 1.38 bits per heavy atom. The number of rotatable bonds is 5. The van der Waals surface area contributed by atoms with E-state index < -0.39 is 9.84 Å². The van der Waals surface area contributed by atoms with Crippen LogP contribution < -0.4 is 15.5 Å². The van der Waals surface area contributed by atoms with Crippen molar-refractivity contribution < 1.29 is 8.42 Å². The number of hydrogen-bond acceptors (Lipinski definition) is 4. The predicted octanol–water partition coefficient (Wildman–Crippen LogP) is 1.86. The molecule has 0 spiro atoms. The van der Waals surface area contributed by atoms with Crippen LogP contribution in [-0.2, 0) is 9.84 Å². The van der Waals surface area contributed by atoms with Gasteiger partial charge in [-0.05, 0) is 30.7 Å². The summed E-state index contributed by atoms with van der Waals surface area (Å²) in [6.07, 6.45) is 2.25. The molecule has 2 rings (SSSR count). The predicted molar refractivity (Wildman–Crippen MR) is 114 cm³/mol. The van der Waals surface area contributed by atoms with Crippen LogP contribution in [0.15, 0.2) is 33.7 Å². The molecule has 1 aliphatic rings. The van der Waals surface area contributed by atoms with Crippen molar-refractivity contribution in [2.45, 2.75) is 12.5 Å². The van der Waals surface area contributed by atoms with E-state index in [1.54, 1.807) is 7.05 Å². The molecule has 1 atom stereocenters. The van der Waals surface area contributed by atoms with Crippen LogP contribution in [-0.4, -0.2) is 59.1 Å². The van der Waals surface area contributed by atoms with Gasteiger partial charge in [0.15, 0.2) is 5.96 Å². The van der Waals surface area contributed by atoms with Gasteiger partial charge in [-0.15, -0.1) is 24.0 Å². The van der Waals surface area contributed by atoms with Crippen molar-refractivity contribution in [1.82, 2.24) is 10.6 Å². The third-order valence-electron chi connectivity index (χ3n) is 3.71. The second-order valence-corrected chi connectivity index (χ2v) is 8.86. The zero-order valence-corrected chi connectivity index (χ0v) is 18.6. The van der Waals surface area contributed by atoms with Crippen LogP contribution in [0.5, 0.6) is 0 Å². The number of nitrogens with zero attached hydrogens (tertiary/aromatic N) is 2. The summed E-state index contributed by atoms with van der Waals surface area (Å²) in [6, 6.07) is 8.59. The standard InChI is InChI=1S/C15H23BrN4O2S.HI/c1-17-15(18-8-10-23(2,21)22)19-13-7-9-20(11-13)14-5-3-12(16)4-6-14;/h3-6,13H,7-11H2,1-2H3,(H2,17,18,19);1H. The van der Waals surface area contributed by atoms with Crippen LogP contribution in [0.4, 0.5) is 5.69 Å². The molecule has 1 unspecified atom stereocenters. The largest absolute Gasteiger partial charge is 0.369 e. The maximum Gasteiger partial charge on any atom is 0.191 e. The van der Waals surface area contributed by atoms with Crippen LogP contribution in [0.25, 0.3) is 0 Å². The molecule has 1 aromatic rings. The summed E-state index contributed by atoms with van der Waals surface area (Å²) in [5, 5.41) is 6.41. The molecule has 1 saturated heterocycles. The van der Waals surface area contributed by atoms with Gasteiger partial charge in [0.2, 0.25) is 0 Å². The zero-order chi connectivity index (χ0) is 16.9. The van der Waals surface area contributed by atoms with Crippen molar-refractivity contribution >= 4 is 61.4 Å². The lowest BCUT2D eigenvalue weighted by atomic mass is 10.3. The summed E-state index contributed by atoms with van der Waals surface area (Å²) in [6.45, 7) is 2.25. The molecule has 0 amide bonds. The average Bonchev–Trinajstić information content (AvgIpc) is 2.94. The summed E-state index contributed by atoms with van der Waals surface area (Å²) >= 11 is 3.45. The number of benzene rings is 1. The molecule has 0 aliphatic carbocycles. The third kappa shape index (κ3) is 7.14. The fourth-order valence-electron chi connectivity index (χ4n) is 2.51. The molecule has 9 heteroatoms. The minimum absolute atomic E-state index is 0. The van der Waals surface area contributed by atoms with E-state index in [2.05, 4.69) is 48.6 Å². The Hall–Kier alpha value is -0.550. The smallest absolute Gasteiger partial charge is 0.191 e. The van der Waals surface area contributed by atoms with Gasteiger partial charge in [-0.2, -0.15) is 0 Å². The maximum absolute atomic E-state index is 11.2. The lowest BCUT2D eigenvalue weighted by Crippen LogP contribution is -2.45. The van der Waals surface area contributed by atoms with Crippen LogP contribution in [0.3, 0.4) is 0 Å². The van der Waals surface area contributed by atoms with Crippen molar-refractivity contribution in [3.63, 3.8) is 0 Å². The minimum Gasteiger partial charge on any atom is -0.369 e. The van der Waals surface area contributed by atoms with Gasteiger partial charge in [0.1, 0.15) is 9.84 Å². The van der Waals surface area contributed by atoms with Gasteiger partial charge in [-0.25, -0.2) is 8.42 Å². The minimum atomic E-state index is -2.96. The van der Waals surface area contributed by atoms with E-state index in [0.717, 1.165) is 24.0 Å². The Bertz CT molecular complexity index is 652. The number of nitrogens with one attached hydrogen (secondary N) is 2. The van der Waals surface area contributed by atoms with Gasteiger partial charge < -0.3 is 15.5 Å². The number of anilines is 1. The zero-order valence-electron chi connectivity index (χ0n) is 13.8. The van der Waals surface area contributed by atoms with Gasteiger partial charge in [0, 0.05) is 49.1 Å². The summed E-state index contributed by atoms with van der Waals surface area (Å²) in [4.78, 5) is 6.48. The lowest BCUT2D eigenvalue weighted by molar-refractivity contribution is 0.599. The monoisotopic (exact) mass is 530 g/mol. The van der Waals surface area contributed by atoms with Crippen LogP contribution in [0, 0.1) is 0 Å². The molecular formula is C15H24BrIN4O2S. The van der Waals surface area contributed by atoms with Crippen molar-refractivity contribution in [3.05, 3.63) is 28.7 Å². The lowest BCUT2D eigenvalue weighted by Gasteiger charge is -2.20. The first-order valence-electron chi connectivity index (χ1n) is 7.53. The molecule has 0 radical (unpaired) electrons. The molecule has 6 nitrogen and oxygen atoms in total. The molecule has 24 heavy (non-hydrogen) atoms. The first-order valence-corrected chi connectivity index (χ1v) is 10.4. The number of guanidine groups is 1. The highest BCUT2D eigenvalue weighted by Crippen LogP contribution is 2.22. The van der Waals surface area contributed by atoms with E-state index in [1.807, 2.05) is 12.1 Å². The topological polar surface area (TPSA) is 73.8 Å². The van der Waals surface area contributed by atoms with Crippen LogP contribution in [0.2, 0.25) is 0 Å². The van der Waals surface area contributed by atoms with E-state index in [0.29, 0.717) is 18.5 Å². The van der Waals surface area contributed by atoms with E-state index in [1.165, 1.54) is 11.9 Å². The van der Waals surface area contributed by atoms with E-state index >= 15 is 0 Å². The summed E-state index contributed by atoms with van der Waals surface area (Å²) < 4.78 is 23.4. The fourth-order valence-corrected chi connectivity index (χ4v) is 3.24. The highest BCUT2D eigenvalue weighted by atomic mass is 127. The average molecular weight is 531 g/mol. The molecular weight excluding hydrogens is 507 g/mol. The molecule has 1 aromatic carbocycles. The molecule has 0 saturated carbocycles. The molecule has 1 heterocycles. The SMILES string of the molecule is CN=C(NCCS(C)(=O)=O)NC1CCN(c2ccc(Br)cc2)C1.I. The van der Waals surface area contributed by atoms with Crippen molar-refractivity contribution in [3.8, 4) is 0 Å². The van der Waals surface area contributed by atoms with Gasteiger partial charge in [-0.1, -0.05) is 15.9 Å². The quantitative estimate of drug-likeness (QED) is 0.345. The molecule has 1 fully saturated rings. The number of hydrogen-bond donors (Lipinski definition) is 2. The highest BCUT2D eigenvalue weighted by Gasteiger charge is 2.23. The molecule has 136 valence electrons. The Labute approximate surface area is 169 Å². The highest BCUT2D eigenvalue weighted by molar-refractivity contribution is 14.0. The second kappa shape index (κ2) is 9.81. The summed E-state index contributed by atoms with van der Waals surface area (Å²) in [7, 11) is -1.27. The molecule has 0 bridgehead atoms. The Morgan fingerprint density at radius 3 is 2.62 bits per heavy atom. The number of halogens is 2. The first-order chi connectivity index (χ1) is 10.9. The normalized spacial score (nSPS) is 18.2. The number of sulfone groups is 1. The summed E-state index contributed by atoms with van der Waals surface area (Å²) in [5.41, 5.74) is 1.21. The summed E-state index contributed by atoms with van der Waals surface area (Å²) in [5.74, 6) is 0.750. The van der Waals surface area contributed by atoms with E-state index in [-0.39, 0.29) is 29.7 Å².